The van der Waals surface area contributed by atoms with Crippen LogP contribution >= 0.6 is 11.3 Å². The number of hydrogen-bond donors (Lipinski definition) is 1. The predicted octanol–water partition coefficient (Wildman–Crippen LogP) is 2.97. The van der Waals surface area contributed by atoms with Crippen LogP contribution in [-0.2, 0) is 11.3 Å². The first kappa shape index (κ1) is 16.6. The molecular formula is C15H28N2OS. The molecule has 3 nitrogen and oxygen atoms in total. The van der Waals surface area contributed by atoms with Gasteiger partial charge in [0.25, 0.3) is 0 Å². The van der Waals surface area contributed by atoms with Crippen LogP contribution < -0.4 is 5.32 Å². The summed E-state index contributed by atoms with van der Waals surface area (Å²) in [5.74, 6) is 0. The summed E-state index contributed by atoms with van der Waals surface area (Å²) in [7, 11) is 1.78. The standard InChI is InChI=1S/C15H28N2OS/c1-12(2)16-9-14(11-18-5)17(13(3)4)10-15-7-6-8-19-15/h6-8,12-14,16H,9-11H2,1-5H3. The van der Waals surface area contributed by atoms with Gasteiger partial charge in [0.05, 0.1) is 6.61 Å². The highest BCUT2D eigenvalue weighted by Gasteiger charge is 2.21. The van der Waals surface area contributed by atoms with E-state index >= 15 is 0 Å². The zero-order chi connectivity index (χ0) is 14.3. The van der Waals surface area contributed by atoms with Crippen molar-refractivity contribution in [1.29, 1.82) is 0 Å². The fraction of sp³-hybridized carbons (Fsp3) is 0.733. The minimum Gasteiger partial charge on any atom is -0.383 e. The van der Waals surface area contributed by atoms with E-state index in [9.17, 15) is 0 Å². The van der Waals surface area contributed by atoms with Crippen molar-refractivity contribution in [1.82, 2.24) is 10.2 Å². The minimum absolute atomic E-state index is 0.412. The molecule has 110 valence electrons. The summed E-state index contributed by atoms with van der Waals surface area (Å²) in [6.45, 7) is 11.6. The second-order valence-electron chi connectivity index (χ2n) is 5.52. The van der Waals surface area contributed by atoms with Crippen molar-refractivity contribution >= 4 is 11.3 Å². The van der Waals surface area contributed by atoms with Crippen LogP contribution in [0.2, 0.25) is 0 Å². The number of rotatable bonds is 9. The highest BCUT2D eigenvalue weighted by molar-refractivity contribution is 7.09. The Kier molecular flexibility index (Phi) is 7.61. The second kappa shape index (κ2) is 8.69. The van der Waals surface area contributed by atoms with E-state index in [1.165, 1.54) is 4.88 Å². The molecule has 1 atom stereocenters. The molecule has 0 amide bonds. The number of nitrogens with zero attached hydrogens (tertiary/aromatic N) is 1. The molecule has 0 aliphatic heterocycles. The van der Waals surface area contributed by atoms with E-state index in [0.29, 0.717) is 18.1 Å². The van der Waals surface area contributed by atoms with Crippen molar-refractivity contribution in [3.05, 3.63) is 22.4 Å². The van der Waals surface area contributed by atoms with Gasteiger partial charge in [-0.25, -0.2) is 0 Å². The topological polar surface area (TPSA) is 24.5 Å². The van der Waals surface area contributed by atoms with E-state index in [1.807, 2.05) is 11.3 Å². The Morgan fingerprint density at radius 2 is 2.05 bits per heavy atom. The molecule has 0 spiro atoms. The molecular weight excluding hydrogens is 256 g/mol. The van der Waals surface area contributed by atoms with Gasteiger partial charge in [-0.05, 0) is 25.3 Å². The molecule has 1 N–H and O–H groups in total. The molecule has 1 aromatic rings. The summed E-state index contributed by atoms with van der Waals surface area (Å²) in [6, 6.07) is 5.76. The quantitative estimate of drug-likeness (QED) is 0.754. The molecule has 4 heteroatoms. The van der Waals surface area contributed by atoms with Crippen molar-refractivity contribution < 1.29 is 4.74 Å². The summed E-state index contributed by atoms with van der Waals surface area (Å²) < 4.78 is 5.41. The van der Waals surface area contributed by atoms with Crippen LogP contribution in [0.15, 0.2) is 17.5 Å². The average Bonchev–Trinajstić information content (AvgIpc) is 2.84. The number of methoxy groups -OCH3 is 1. The summed E-state index contributed by atoms with van der Waals surface area (Å²) in [6.07, 6.45) is 0. The Labute approximate surface area is 122 Å². The minimum atomic E-state index is 0.412. The van der Waals surface area contributed by atoms with Crippen molar-refractivity contribution in [3.63, 3.8) is 0 Å². The summed E-state index contributed by atoms with van der Waals surface area (Å²) in [5, 5.41) is 5.67. The molecule has 0 aliphatic carbocycles. The number of thiophene rings is 1. The van der Waals surface area contributed by atoms with Gasteiger partial charge in [0.1, 0.15) is 0 Å². The van der Waals surface area contributed by atoms with E-state index in [2.05, 4.69) is 55.4 Å². The largest absolute Gasteiger partial charge is 0.383 e. The molecule has 0 aliphatic rings. The van der Waals surface area contributed by atoms with Crippen molar-refractivity contribution in [2.45, 2.75) is 52.4 Å². The highest BCUT2D eigenvalue weighted by atomic mass is 32.1. The van der Waals surface area contributed by atoms with Crippen LogP contribution in [-0.4, -0.2) is 43.3 Å². The van der Waals surface area contributed by atoms with Crippen molar-refractivity contribution in [2.75, 3.05) is 20.3 Å². The number of hydrogen-bond acceptors (Lipinski definition) is 4. The number of nitrogens with one attached hydrogen (secondary N) is 1. The van der Waals surface area contributed by atoms with Gasteiger partial charge in [0, 0.05) is 43.2 Å². The van der Waals surface area contributed by atoms with E-state index in [0.717, 1.165) is 19.7 Å². The summed E-state index contributed by atoms with van der Waals surface area (Å²) >= 11 is 1.83. The third-order valence-electron chi connectivity index (χ3n) is 3.17. The Balaban J connectivity index is 2.67. The average molecular weight is 284 g/mol. The van der Waals surface area contributed by atoms with E-state index in [-0.39, 0.29) is 0 Å². The maximum atomic E-state index is 5.41. The van der Waals surface area contributed by atoms with Gasteiger partial charge >= 0.3 is 0 Å². The second-order valence-corrected chi connectivity index (χ2v) is 6.55. The van der Waals surface area contributed by atoms with E-state index < -0.39 is 0 Å². The van der Waals surface area contributed by atoms with Gasteiger partial charge < -0.3 is 10.1 Å². The van der Waals surface area contributed by atoms with Crippen molar-refractivity contribution in [3.8, 4) is 0 Å². The first-order valence-electron chi connectivity index (χ1n) is 7.05. The van der Waals surface area contributed by atoms with Gasteiger partial charge in [0.2, 0.25) is 0 Å². The molecule has 1 aromatic heterocycles. The summed E-state index contributed by atoms with van der Waals surface area (Å²) in [4.78, 5) is 3.93. The Hall–Kier alpha value is -0.420. The van der Waals surface area contributed by atoms with Crippen LogP contribution in [0.5, 0.6) is 0 Å². The molecule has 1 unspecified atom stereocenters. The van der Waals surface area contributed by atoms with Gasteiger partial charge in [0.15, 0.2) is 0 Å². The zero-order valence-electron chi connectivity index (χ0n) is 12.8. The first-order chi connectivity index (χ1) is 9.04. The molecule has 1 rings (SSSR count). The monoisotopic (exact) mass is 284 g/mol. The van der Waals surface area contributed by atoms with E-state index in [4.69, 9.17) is 4.74 Å². The smallest absolute Gasteiger partial charge is 0.0630 e. The lowest BCUT2D eigenvalue weighted by molar-refractivity contribution is 0.0636. The number of ether oxygens (including phenoxy) is 1. The van der Waals surface area contributed by atoms with Gasteiger partial charge in [-0.3, -0.25) is 4.90 Å². The summed E-state index contributed by atoms with van der Waals surface area (Å²) in [5.41, 5.74) is 0. The highest BCUT2D eigenvalue weighted by Crippen LogP contribution is 2.16. The van der Waals surface area contributed by atoms with Gasteiger partial charge in [-0.2, -0.15) is 0 Å². The van der Waals surface area contributed by atoms with Crippen LogP contribution in [0, 0.1) is 0 Å². The zero-order valence-corrected chi connectivity index (χ0v) is 13.7. The molecule has 0 saturated heterocycles. The molecule has 0 fully saturated rings. The lowest BCUT2D eigenvalue weighted by Gasteiger charge is -2.35. The molecule has 0 bridgehead atoms. The van der Waals surface area contributed by atoms with Crippen LogP contribution in [0.4, 0.5) is 0 Å². The maximum absolute atomic E-state index is 5.41. The van der Waals surface area contributed by atoms with Crippen molar-refractivity contribution in [2.24, 2.45) is 0 Å². The Morgan fingerprint density at radius 3 is 2.53 bits per heavy atom. The van der Waals surface area contributed by atoms with E-state index in [1.54, 1.807) is 7.11 Å². The normalized spacial score (nSPS) is 13.7. The molecule has 19 heavy (non-hydrogen) atoms. The fourth-order valence-electron chi connectivity index (χ4n) is 2.15. The molecule has 0 radical (unpaired) electrons. The lowest BCUT2D eigenvalue weighted by atomic mass is 10.2. The molecule has 0 saturated carbocycles. The maximum Gasteiger partial charge on any atom is 0.0630 e. The Morgan fingerprint density at radius 1 is 1.32 bits per heavy atom. The van der Waals surface area contributed by atoms with Crippen LogP contribution in [0.3, 0.4) is 0 Å². The lowest BCUT2D eigenvalue weighted by Crippen LogP contribution is -2.49. The van der Waals surface area contributed by atoms with Crippen LogP contribution in [0.25, 0.3) is 0 Å². The molecule has 1 heterocycles. The van der Waals surface area contributed by atoms with Gasteiger partial charge in [-0.1, -0.05) is 19.9 Å². The molecule has 0 aromatic carbocycles. The fourth-order valence-corrected chi connectivity index (χ4v) is 2.86. The predicted molar refractivity (Wildman–Crippen MR) is 83.8 cm³/mol. The Bertz CT molecular complexity index is 325. The first-order valence-corrected chi connectivity index (χ1v) is 7.93. The van der Waals surface area contributed by atoms with Gasteiger partial charge in [-0.15, -0.1) is 11.3 Å². The van der Waals surface area contributed by atoms with Crippen LogP contribution in [0.1, 0.15) is 32.6 Å². The SMILES string of the molecule is COCC(CNC(C)C)N(Cc1cccs1)C(C)C. The third kappa shape index (κ3) is 6.04. The third-order valence-corrected chi connectivity index (χ3v) is 4.03.